The van der Waals surface area contributed by atoms with Crippen molar-refractivity contribution in [2.45, 2.75) is 26.2 Å². The Balaban J connectivity index is 1.91. The molecule has 1 saturated carbocycles. The lowest BCUT2D eigenvalue weighted by Gasteiger charge is -1.98. The zero-order valence-corrected chi connectivity index (χ0v) is 11.4. The van der Waals surface area contributed by atoms with Gasteiger partial charge in [-0.1, -0.05) is 6.08 Å². The Hall–Kier alpha value is -1.14. The Bertz CT molecular complexity index is 540. The first-order chi connectivity index (χ1) is 8.44. The third-order valence-corrected chi connectivity index (χ3v) is 3.27. The molecule has 0 aromatic carbocycles. The molecule has 2 rings (SSSR count). The minimum absolute atomic E-state index is 0.0952. The molecule has 1 heterocycles. The van der Waals surface area contributed by atoms with Gasteiger partial charge < -0.3 is 4.42 Å². The van der Waals surface area contributed by atoms with Crippen LogP contribution in [0.15, 0.2) is 10.5 Å². The van der Waals surface area contributed by atoms with Crippen LogP contribution in [0.25, 0.3) is 6.08 Å². The maximum atomic E-state index is 10.8. The topological polar surface area (TPSA) is 69.4 Å². The first kappa shape index (κ1) is 13.3. The van der Waals surface area contributed by atoms with Crippen LogP contribution in [-0.2, 0) is 20.7 Å². The fourth-order valence-corrected chi connectivity index (χ4v) is 1.94. The van der Waals surface area contributed by atoms with Gasteiger partial charge in [0, 0.05) is 6.42 Å². The smallest absolute Gasteiger partial charge is 0.264 e. The average molecular weight is 271 g/mol. The van der Waals surface area contributed by atoms with E-state index in [1.165, 1.54) is 12.8 Å². The molecule has 1 aliphatic carbocycles. The molecule has 1 aromatic rings. The summed E-state index contributed by atoms with van der Waals surface area (Å²) in [5.41, 5.74) is 0.745. The lowest BCUT2D eigenvalue weighted by molar-refractivity contribution is 0.324. The van der Waals surface area contributed by atoms with Crippen molar-refractivity contribution < 1.29 is 17.0 Å². The lowest BCUT2D eigenvalue weighted by Crippen LogP contribution is -2.06. The molecule has 0 unspecified atom stereocenters. The summed E-state index contributed by atoms with van der Waals surface area (Å²) in [6.45, 7) is 1.91. The van der Waals surface area contributed by atoms with Gasteiger partial charge in [0.15, 0.2) is 0 Å². The fraction of sp³-hybridized carbons (Fsp3) is 0.583. The minimum Gasteiger partial charge on any atom is -0.442 e. The highest BCUT2D eigenvalue weighted by molar-refractivity contribution is 7.85. The van der Waals surface area contributed by atoms with Gasteiger partial charge in [0.1, 0.15) is 5.76 Å². The van der Waals surface area contributed by atoms with Crippen molar-refractivity contribution in [2.75, 3.05) is 12.9 Å². The molecule has 100 valence electrons. The van der Waals surface area contributed by atoms with E-state index in [4.69, 9.17) is 4.42 Å². The van der Waals surface area contributed by atoms with E-state index in [0.29, 0.717) is 24.0 Å². The predicted molar refractivity (Wildman–Crippen MR) is 67.5 cm³/mol. The molecule has 0 bridgehead atoms. The summed E-state index contributed by atoms with van der Waals surface area (Å²) in [5, 5.41) is 0. The van der Waals surface area contributed by atoms with Gasteiger partial charge in [-0.3, -0.25) is 4.18 Å². The second-order valence-electron chi connectivity index (χ2n) is 4.53. The average Bonchev–Trinajstić information content (AvgIpc) is 3.01. The van der Waals surface area contributed by atoms with Crippen molar-refractivity contribution >= 4 is 16.2 Å². The molecule has 0 aliphatic heterocycles. The standard InChI is InChI=1S/C12H17NO4S/c1-9-11(7-8-16-18(2,14)15)13-12(17-9)6-5-10-3-4-10/h5-6,10H,3-4,7-8H2,1-2H3/b6-5+. The van der Waals surface area contributed by atoms with Gasteiger partial charge in [-0.2, -0.15) is 8.42 Å². The van der Waals surface area contributed by atoms with Gasteiger partial charge in [0.25, 0.3) is 10.1 Å². The van der Waals surface area contributed by atoms with Crippen LogP contribution >= 0.6 is 0 Å². The van der Waals surface area contributed by atoms with Crippen molar-refractivity contribution in [2.24, 2.45) is 5.92 Å². The van der Waals surface area contributed by atoms with Crippen LogP contribution in [-0.4, -0.2) is 26.3 Å². The summed E-state index contributed by atoms with van der Waals surface area (Å²) in [5.74, 6) is 1.96. The summed E-state index contributed by atoms with van der Waals surface area (Å²) in [4.78, 5) is 4.30. The van der Waals surface area contributed by atoms with Crippen LogP contribution in [0.4, 0.5) is 0 Å². The first-order valence-corrected chi connectivity index (χ1v) is 7.74. The molecule has 0 spiro atoms. The maximum absolute atomic E-state index is 10.8. The number of aryl methyl sites for hydroxylation is 1. The predicted octanol–water partition coefficient (Wildman–Crippen LogP) is 1.92. The van der Waals surface area contributed by atoms with Gasteiger partial charge in [0.05, 0.1) is 18.6 Å². The Morgan fingerprint density at radius 1 is 1.50 bits per heavy atom. The van der Waals surface area contributed by atoms with Crippen molar-refractivity contribution in [3.63, 3.8) is 0 Å². The molecule has 0 atom stereocenters. The van der Waals surface area contributed by atoms with Crippen LogP contribution in [0.5, 0.6) is 0 Å². The number of rotatable bonds is 6. The van der Waals surface area contributed by atoms with Crippen LogP contribution < -0.4 is 0 Å². The van der Waals surface area contributed by atoms with E-state index >= 15 is 0 Å². The summed E-state index contributed by atoms with van der Waals surface area (Å²) >= 11 is 0. The van der Waals surface area contributed by atoms with Crippen molar-refractivity contribution in [3.05, 3.63) is 23.4 Å². The Kier molecular flexibility index (Phi) is 3.87. The molecule has 6 heteroatoms. The second-order valence-corrected chi connectivity index (χ2v) is 6.17. The fourth-order valence-electron chi connectivity index (χ4n) is 1.55. The summed E-state index contributed by atoms with van der Waals surface area (Å²) < 4.78 is 31.8. The molecule has 0 amide bonds. The molecular formula is C12H17NO4S. The highest BCUT2D eigenvalue weighted by atomic mass is 32.2. The zero-order chi connectivity index (χ0) is 13.2. The first-order valence-electron chi connectivity index (χ1n) is 5.93. The summed E-state index contributed by atoms with van der Waals surface area (Å²) in [7, 11) is -3.39. The highest BCUT2D eigenvalue weighted by Crippen LogP contribution is 2.30. The monoisotopic (exact) mass is 271 g/mol. The van der Waals surface area contributed by atoms with E-state index < -0.39 is 10.1 Å². The highest BCUT2D eigenvalue weighted by Gasteiger charge is 2.17. The maximum Gasteiger partial charge on any atom is 0.264 e. The van der Waals surface area contributed by atoms with Gasteiger partial charge >= 0.3 is 0 Å². The number of hydrogen-bond acceptors (Lipinski definition) is 5. The number of allylic oxidation sites excluding steroid dienone is 1. The molecule has 0 radical (unpaired) electrons. The molecule has 1 fully saturated rings. The quantitative estimate of drug-likeness (QED) is 0.739. The molecule has 0 saturated heterocycles. The second kappa shape index (κ2) is 5.24. The molecule has 1 aliphatic rings. The number of aromatic nitrogens is 1. The number of oxazole rings is 1. The van der Waals surface area contributed by atoms with Crippen LogP contribution in [0.1, 0.15) is 30.2 Å². The Labute approximate surface area is 107 Å². The van der Waals surface area contributed by atoms with Crippen molar-refractivity contribution in [1.29, 1.82) is 0 Å². The van der Waals surface area contributed by atoms with Gasteiger partial charge in [0.2, 0.25) is 5.89 Å². The van der Waals surface area contributed by atoms with E-state index in [2.05, 4.69) is 15.2 Å². The number of nitrogens with zero attached hydrogens (tertiary/aromatic N) is 1. The normalized spacial score (nSPS) is 16.6. The zero-order valence-electron chi connectivity index (χ0n) is 10.5. The minimum atomic E-state index is -3.39. The summed E-state index contributed by atoms with van der Waals surface area (Å²) in [6.07, 6.45) is 7.93. The largest absolute Gasteiger partial charge is 0.442 e. The van der Waals surface area contributed by atoms with Crippen molar-refractivity contribution in [1.82, 2.24) is 4.98 Å². The van der Waals surface area contributed by atoms with Gasteiger partial charge in [-0.25, -0.2) is 4.98 Å². The molecular weight excluding hydrogens is 254 g/mol. The van der Waals surface area contributed by atoms with Gasteiger partial charge in [-0.05, 0) is 31.8 Å². The third-order valence-electron chi connectivity index (χ3n) is 2.68. The van der Waals surface area contributed by atoms with Gasteiger partial charge in [-0.15, -0.1) is 0 Å². The van der Waals surface area contributed by atoms with E-state index in [1.807, 2.05) is 13.0 Å². The van der Waals surface area contributed by atoms with E-state index in [9.17, 15) is 8.42 Å². The molecule has 5 nitrogen and oxygen atoms in total. The van der Waals surface area contributed by atoms with Crippen LogP contribution in [0, 0.1) is 12.8 Å². The van der Waals surface area contributed by atoms with E-state index in [0.717, 1.165) is 11.9 Å². The molecule has 18 heavy (non-hydrogen) atoms. The Morgan fingerprint density at radius 2 is 2.22 bits per heavy atom. The van der Waals surface area contributed by atoms with E-state index in [-0.39, 0.29) is 6.61 Å². The lowest BCUT2D eigenvalue weighted by atomic mass is 10.3. The Morgan fingerprint density at radius 3 is 2.83 bits per heavy atom. The van der Waals surface area contributed by atoms with Crippen LogP contribution in [0.2, 0.25) is 0 Å². The number of hydrogen-bond donors (Lipinski definition) is 0. The summed E-state index contributed by atoms with van der Waals surface area (Å²) in [6, 6.07) is 0. The van der Waals surface area contributed by atoms with E-state index in [1.54, 1.807) is 0 Å². The van der Waals surface area contributed by atoms with Crippen molar-refractivity contribution in [3.8, 4) is 0 Å². The third kappa shape index (κ3) is 4.27. The SMILES string of the molecule is Cc1oc(/C=C/C2CC2)nc1CCOS(C)(=O)=O. The molecule has 1 aromatic heterocycles. The molecule has 0 N–H and O–H groups in total. The van der Waals surface area contributed by atoms with Crippen LogP contribution in [0.3, 0.4) is 0 Å².